The standard InChI is InChI=1S/C14H9N3/c15-9-11-6-12(10-16)8-14(7-11)17-13-4-2-1-3-5-13/h1-8,17H. The molecule has 0 radical (unpaired) electrons. The average Bonchev–Trinajstić information content (AvgIpc) is 2.39. The molecule has 2 aromatic carbocycles. The van der Waals surface area contributed by atoms with Crippen LogP contribution in [0, 0.1) is 22.7 Å². The van der Waals surface area contributed by atoms with E-state index in [-0.39, 0.29) is 0 Å². The topological polar surface area (TPSA) is 59.6 Å². The maximum atomic E-state index is 8.86. The SMILES string of the molecule is N#Cc1cc(C#N)cc(Nc2ccccc2)c1. The first kappa shape index (κ1) is 10.7. The van der Waals surface area contributed by atoms with Gasteiger partial charge in [0.15, 0.2) is 0 Å². The van der Waals surface area contributed by atoms with Crippen LogP contribution in [0.3, 0.4) is 0 Å². The van der Waals surface area contributed by atoms with Gasteiger partial charge in [-0.1, -0.05) is 18.2 Å². The molecular formula is C14H9N3. The van der Waals surface area contributed by atoms with E-state index in [4.69, 9.17) is 10.5 Å². The van der Waals surface area contributed by atoms with Gasteiger partial charge >= 0.3 is 0 Å². The Balaban J connectivity index is 2.34. The van der Waals surface area contributed by atoms with Gasteiger partial charge in [0.1, 0.15) is 0 Å². The molecule has 0 aliphatic rings. The first-order valence-corrected chi connectivity index (χ1v) is 5.09. The van der Waals surface area contributed by atoms with Crippen molar-refractivity contribution >= 4 is 11.4 Å². The molecule has 0 saturated heterocycles. The van der Waals surface area contributed by atoms with Crippen molar-refractivity contribution in [3.63, 3.8) is 0 Å². The molecular weight excluding hydrogens is 210 g/mol. The number of nitrogens with zero attached hydrogens (tertiary/aromatic N) is 2. The van der Waals surface area contributed by atoms with Gasteiger partial charge < -0.3 is 5.32 Å². The number of rotatable bonds is 2. The lowest BCUT2D eigenvalue weighted by Crippen LogP contribution is -1.91. The summed E-state index contributed by atoms with van der Waals surface area (Å²) >= 11 is 0. The van der Waals surface area contributed by atoms with E-state index in [2.05, 4.69) is 5.32 Å². The van der Waals surface area contributed by atoms with E-state index in [1.54, 1.807) is 18.2 Å². The van der Waals surface area contributed by atoms with Crippen LogP contribution in [0.2, 0.25) is 0 Å². The third kappa shape index (κ3) is 2.62. The largest absolute Gasteiger partial charge is 0.355 e. The molecule has 0 aliphatic carbocycles. The Morgan fingerprint density at radius 2 is 1.35 bits per heavy atom. The quantitative estimate of drug-likeness (QED) is 0.843. The molecule has 0 aliphatic heterocycles. The second-order valence-electron chi connectivity index (χ2n) is 3.51. The lowest BCUT2D eigenvalue weighted by atomic mass is 10.1. The van der Waals surface area contributed by atoms with Crippen molar-refractivity contribution in [3.8, 4) is 12.1 Å². The molecule has 0 fully saturated rings. The first-order valence-electron chi connectivity index (χ1n) is 5.09. The van der Waals surface area contributed by atoms with E-state index in [1.165, 1.54) is 0 Å². The summed E-state index contributed by atoms with van der Waals surface area (Å²) in [6.07, 6.45) is 0. The van der Waals surface area contributed by atoms with Crippen LogP contribution in [-0.4, -0.2) is 0 Å². The van der Waals surface area contributed by atoms with Crippen LogP contribution in [0.15, 0.2) is 48.5 Å². The fraction of sp³-hybridized carbons (Fsp3) is 0. The molecule has 17 heavy (non-hydrogen) atoms. The third-order valence-corrected chi connectivity index (χ3v) is 2.25. The average molecular weight is 219 g/mol. The number of nitriles is 2. The minimum Gasteiger partial charge on any atom is -0.355 e. The van der Waals surface area contributed by atoms with Crippen LogP contribution >= 0.6 is 0 Å². The molecule has 0 spiro atoms. The highest BCUT2D eigenvalue weighted by atomic mass is 14.9. The highest BCUT2D eigenvalue weighted by Crippen LogP contribution is 2.19. The highest BCUT2D eigenvalue weighted by Gasteiger charge is 2.00. The van der Waals surface area contributed by atoms with E-state index >= 15 is 0 Å². The van der Waals surface area contributed by atoms with Crippen LogP contribution in [0.1, 0.15) is 11.1 Å². The number of para-hydroxylation sites is 1. The zero-order valence-corrected chi connectivity index (χ0v) is 9.01. The van der Waals surface area contributed by atoms with Crippen molar-refractivity contribution in [1.29, 1.82) is 10.5 Å². The molecule has 80 valence electrons. The number of nitrogens with one attached hydrogen (secondary N) is 1. The fourth-order valence-corrected chi connectivity index (χ4v) is 1.52. The zero-order valence-electron chi connectivity index (χ0n) is 9.01. The van der Waals surface area contributed by atoms with Gasteiger partial charge in [0, 0.05) is 11.4 Å². The van der Waals surface area contributed by atoms with Crippen LogP contribution in [-0.2, 0) is 0 Å². The molecule has 0 aromatic heterocycles. The molecule has 0 heterocycles. The molecule has 3 nitrogen and oxygen atoms in total. The summed E-state index contributed by atoms with van der Waals surface area (Å²) < 4.78 is 0. The van der Waals surface area contributed by atoms with Crippen LogP contribution in [0.25, 0.3) is 0 Å². The Morgan fingerprint density at radius 1 is 0.765 bits per heavy atom. The van der Waals surface area contributed by atoms with E-state index in [0.717, 1.165) is 11.4 Å². The van der Waals surface area contributed by atoms with E-state index in [9.17, 15) is 0 Å². The first-order chi connectivity index (χ1) is 8.31. The summed E-state index contributed by atoms with van der Waals surface area (Å²) in [5.74, 6) is 0. The molecule has 0 atom stereocenters. The van der Waals surface area contributed by atoms with E-state index in [1.807, 2.05) is 42.5 Å². The minimum atomic E-state index is 0.475. The number of hydrogen-bond acceptors (Lipinski definition) is 3. The van der Waals surface area contributed by atoms with Crippen LogP contribution in [0.4, 0.5) is 11.4 Å². The summed E-state index contributed by atoms with van der Waals surface area (Å²) in [6, 6.07) is 18.7. The van der Waals surface area contributed by atoms with Crippen molar-refractivity contribution in [2.75, 3.05) is 5.32 Å². The van der Waals surface area contributed by atoms with Crippen molar-refractivity contribution in [1.82, 2.24) is 0 Å². The minimum absolute atomic E-state index is 0.475. The summed E-state index contributed by atoms with van der Waals surface area (Å²) in [5, 5.41) is 20.9. The summed E-state index contributed by atoms with van der Waals surface area (Å²) in [4.78, 5) is 0. The highest BCUT2D eigenvalue weighted by molar-refractivity contribution is 5.63. The van der Waals surface area contributed by atoms with Gasteiger partial charge in [0.25, 0.3) is 0 Å². The summed E-state index contributed by atoms with van der Waals surface area (Å²) in [7, 11) is 0. The maximum Gasteiger partial charge on any atom is 0.0992 e. The van der Waals surface area contributed by atoms with Gasteiger partial charge in [-0.25, -0.2) is 0 Å². The molecule has 2 aromatic rings. The van der Waals surface area contributed by atoms with Crippen LogP contribution < -0.4 is 5.32 Å². The van der Waals surface area contributed by atoms with Gasteiger partial charge in [0.05, 0.1) is 23.3 Å². The Kier molecular flexibility index (Phi) is 3.05. The molecule has 0 bridgehead atoms. The van der Waals surface area contributed by atoms with Gasteiger partial charge in [0.2, 0.25) is 0 Å². The Bertz CT molecular complexity index is 571. The molecule has 0 saturated carbocycles. The number of benzene rings is 2. The molecule has 1 N–H and O–H groups in total. The van der Waals surface area contributed by atoms with Gasteiger partial charge in [-0.05, 0) is 30.3 Å². The molecule has 3 heteroatoms. The molecule has 2 rings (SSSR count). The lowest BCUT2D eigenvalue weighted by molar-refractivity contribution is 1.43. The fourth-order valence-electron chi connectivity index (χ4n) is 1.52. The second kappa shape index (κ2) is 4.83. The van der Waals surface area contributed by atoms with Crippen LogP contribution in [0.5, 0.6) is 0 Å². The molecule has 0 unspecified atom stereocenters. The zero-order chi connectivity index (χ0) is 12.1. The smallest absolute Gasteiger partial charge is 0.0992 e. The van der Waals surface area contributed by atoms with Crippen molar-refractivity contribution in [2.24, 2.45) is 0 Å². The van der Waals surface area contributed by atoms with E-state index in [0.29, 0.717) is 11.1 Å². The van der Waals surface area contributed by atoms with Crippen molar-refractivity contribution in [2.45, 2.75) is 0 Å². The van der Waals surface area contributed by atoms with Crippen molar-refractivity contribution < 1.29 is 0 Å². The Hall–Kier alpha value is -2.78. The van der Waals surface area contributed by atoms with Gasteiger partial charge in [-0.15, -0.1) is 0 Å². The maximum absolute atomic E-state index is 8.86. The predicted octanol–water partition coefficient (Wildman–Crippen LogP) is 3.17. The Morgan fingerprint density at radius 3 is 1.88 bits per heavy atom. The van der Waals surface area contributed by atoms with Gasteiger partial charge in [-0.2, -0.15) is 10.5 Å². The number of anilines is 2. The second-order valence-corrected chi connectivity index (χ2v) is 3.51. The van der Waals surface area contributed by atoms with E-state index < -0.39 is 0 Å². The monoisotopic (exact) mass is 219 g/mol. The summed E-state index contributed by atoms with van der Waals surface area (Å²) in [5.41, 5.74) is 2.61. The number of hydrogen-bond donors (Lipinski definition) is 1. The van der Waals surface area contributed by atoms with Crippen molar-refractivity contribution in [3.05, 3.63) is 59.7 Å². The Labute approximate surface area is 99.6 Å². The third-order valence-electron chi connectivity index (χ3n) is 2.25. The molecule has 0 amide bonds. The summed E-state index contributed by atoms with van der Waals surface area (Å²) in [6.45, 7) is 0. The van der Waals surface area contributed by atoms with Gasteiger partial charge in [-0.3, -0.25) is 0 Å². The normalized spacial score (nSPS) is 9.06. The lowest BCUT2D eigenvalue weighted by Gasteiger charge is -2.06. The predicted molar refractivity (Wildman–Crippen MR) is 65.6 cm³/mol.